The minimum atomic E-state index is -0.470. The standard InChI is InChI=1S/C19H18N4O4/c1-12-3-6-15(27-12)11-22-19(25)16-17(21-10-9-20-16)23-18(24)13-4-7-14(26-2)8-5-13/h3-10H,11H2,1-2H3,(H,22,25)(H,21,23,24). The Balaban J connectivity index is 1.70. The van der Waals surface area contributed by atoms with Crippen LogP contribution in [0.25, 0.3) is 0 Å². The van der Waals surface area contributed by atoms with E-state index in [1.807, 2.05) is 13.0 Å². The van der Waals surface area contributed by atoms with E-state index in [0.29, 0.717) is 17.1 Å². The van der Waals surface area contributed by atoms with Gasteiger partial charge in [0.2, 0.25) is 0 Å². The molecule has 0 aliphatic rings. The highest BCUT2D eigenvalue weighted by molar-refractivity contribution is 6.07. The van der Waals surface area contributed by atoms with Gasteiger partial charge in [-0.3, -0.25) is 9.59 Å². The highest BCUT2D eigenvalue weighted by Crippen LogP contribution is 2.14. The van der Waals surface area contributed by atoms with Gasteiger partial charge < -0.3 is 19.8 Å². The summed E-state index contributed by atoms with van der Waals surface area (Å²) in [5.74, 6) is 1.21. The Morgan fingerprint density at radius 3 is 2.44 bits per heavy atom. The molecule has 8 heteroatoms. The first-order valence-electron chi connectivity index (χ1n) is 8.16. The maximum atomic E-state index is 12.4. The Kier molecular flexibility index (Phi) is 5.46. The number of amides is 2. The maximum absolute atomic E-state index is 12.4. The molecule has 0 saturated carbocycles. The lowest BCUT2D eigenvalue weighted by atomic mass is 10.2. The third-order valence-electron chi connectivity index (χ3n) is 3.72. The highest BCUT2D eigenvalue weighted by atomic mass is 16.5. The van der Waals surface area contributed by atoms with Crippen LogP contribution in [0.15, 0.2) is 53.2 Å². The number of hydrogen-bond acceptors (Lipinski definition) is 6. The molecule has 0 bridgehead atoms. The molecule has 3 rings (SSSR count). The normalized spacial score (nSPS) is 10.3. The van der Waals surface area contributed by atoms with Crippen molar-refractivity contribution in [2.45, 2.75) is 13.5 Å². The zero-order valence-corrected chi connectivity index (χ0v) is 14.9. The van der Waals surface area contributed by atoms with Gasteiger partial charge in [0.05, 0.1) is 13.7 Å². The van der Waals surface area contributed by atoms with Crippen LogP contribution >= 0.6 is 0 Å². The van der Waals surface area contributed by atoms with Gasteiger partial charge in [0, 0.05) is 18.0 Å². The van der Waals surface area contributed by atoms with Crippen molar-refractivity contribution in [3.8, 4) is 5.75 Å². The topological polar surface area (TPSA) is 106 Å². The van der Waals surface area contributed by atoms with Crippen molar-refractivity contribution in [2.24, 2.45) is 0 Å². The van der Waals surface area contributed by atoms with Crippen molar-refractivity contribution in [1.29, 1.82) is 0 Å². The number of rotatable bonds is 6. The van der Waals surface area contributed by atoms with E-state index in [2.05, 4.69) is 20.6 Å². The first-order chi connectivity index (χ1) is 13.1. The van der Waals surface area contributed by atoms with Gasteiger partial charge >= 0.3 is 0 Å². The van der Waals surface area contributed by atoms with Gasteiger partial charge in [-0.15, -0.1) is 0 Å². The number of nitrogens with one attached hydrogen (secondary N) is 2. The number of aryl methyl sites for hydroxylation is 1. The maximum Gasteiger partial charge on any atom is 0.274 e. The number of furan rings is 1. The highest BCUT2D eigenvalue weighted by Gasteiger charge is 2.17. The van der Waals surface area contributed by atoms with Crippen LogP contribution < -0.4 is 15.4 Å². The molecule has 1 aromatic carbocycles. The van der Waals surface area contributed by atoms with Crippen LogP contribution in [0, 0.1) is 6.92 Å². The molecule has 0 fully saturated rings. The average Bonchev–Trinajstić information content (AvgIpc) is 3.12. The van der Waals surface area contributed by atoms with Crippen LogP contribution in [0.4, 0.5) is 5.82 Å². The summed E-state index contributed by atoms with van der Waals surface area (Å²) >= 11 is 0. The fourth-order valence-corrected chi connectivity index (χ4v) is 2.35. The average molecular weight is 366 g/mol. The second-order valence-electron chi connectivity index (χ2n) is 5.63. The molecule has 2 heterocycles. The number of aromatic nitrogens is 2. The molecule has 0 unspecified atom stereocenters. The molecule has 3 aromatic rings. The molecule has 2 amide bonds. The van der Waals surface area contributed by atoms with E-state index < -0.39 is 11.8 Å². The summed E-state index contributed by atoms with van der Waals surface area (Å²) in [6, 6.07) is 10.2. The summed E-state index contributed by atoms with van der Waals surface area (Å²) < 4.78 is 10.5. The monoisotopic (exact) mass is 366 g/mol. The molecule has 138 valence electrons. The molecule has 2 aromatic heterocycles. The smallest absolute Gasteiger partial charge is 0.274 e. The van der Waals surface area contributed by atoms with Gasteiger partial charge in [-0.1, -0.05) is 0 Å². The van der Waals surface area contributed by atoms with Crippen molar-refractivity contribution >= 4 is 17.6 Å². The number of methoxy groups -OCH3 is 1. The first kappa shape index (κ1) is 18.1. The van der Waals surface area contributed by atoms with Crippen LogP contribution in [0.5, 0.6) is 5.75 Å². The fraction of sp³-hybridized carbons (Fsp3) is 0.158. The third kappa shape index (κ3) is 4.49. The molecule has 0 spiro atoms. The first-order valence-corrected chi connectivity index (χ1v) is 8.16. The summed E-state index contributed by atoms with van der Waals surface area (Å²) in [7, 11) is 1.55. The number of hydrogen-bond donors (Lipinski definition) is 2. The lowest BCUT2D eigenvalue weighted by molar-refractivity contribution is 0.0943. The van der Waals surface area contributed by atoms with E-state index in [1.165, 1.54) is 12.4 Å². The molecule has 8 nitrogen and oxygen atoms in total. The van der Waals surface area contributed by atoms with Crippen LogP contribution in [-0.2, 0) is 6.54 Å². The fourth-order valence-electron chi connectivity index (χ4n) is 2.35. The number of anilines is 1. The van der Waals surface area contributed by atoms with Gasteiger partial charge in [-0.2, -0.15) is 0 Å². The minimum absolute atomic E-state index is 0.0163. The predicted octanol–water partition coefficient (Wildman–Crippen LogP) is 2.57. The van der Waals surface area contributed by atoms with Crippen molar-refractivity contribution in [3.05, 3.63) is 71.6 Å². The summed E-state index contributed by atoms with van der Waals surface area (Å²) in [4.78, 5) is 32.9. The molecular weight excluding hydrogens is 348 g/mol. The number of carbonyl (C=O) groups is 2. The lowest BCUT2D eigenvalue weighted by Gasteiger charge is -2.09. The molecular formula is C19H18N4O4. The predicted molar refractivity (Wildman–Crippen MR) is 97.6 cm³/mol. The Morgan fingerprint density at radius 1 is 1.04 bits per heavy atom. The number of nitrogens with zero attached hydrogens (tertiary/aromatic N) is 2. The van der Waals surface area contributed by atoms with Gasteiger partial charge in [-0.25, -0.2) is 9.97 Å². The molecule has 0 atom stereocenters. The van der Waals surface area contributed by atoms with Gasteiger partial charge in [0.15, 0.2) is 11.5 Å². The zero-order valence-electron chi connectivity index (χ0n) is 14.9. The van der Waals surface area contributed by atoms with Crippen molar-refractivity contribution in [2.75, 3.05) is 12.4 Å². The molecule has 0 radical (unpaired) electrons. The van der Waals surface area contributed by atoms with Crippen LogP contribution in [0.3, 0.4) is 0 Å². The van der Waals surface area contributed by atoms with Gasteiger partial charge in [0.25, 0.3) is 11.8 Å². The van der Waals surface area contributed by atoms with E-state index in [0.717, 1.165) is 5.76 Å². The summed E-state index contributed by atoms with van der Waals surface area (Å²) in [5, 5.41) is 5.30. The summed E-state index contributed by atoms with van der Waals surface area (Å²) in [5.41, 5.74) is 0.418. The van der Waals surface area contributed by atoms with Crippen molar-refractivity contribution in [1.82, 2.24) is 15.3 Å². The Hall–Kier alpha value is -3.68. The largest absolute Gasteiger partial charge is 0.497 e. The van der Waals surface area contributed by atoms with E-state index >= 15 is 0 Å². The Morgan fingerprint density at radius 2 is 1.78 bits per heavy atom. The number of carbonyl (C=O) groups excluding carboxylic acids is 2. The number of ether oxygens (including phenoxy) is 1. The van der Waals surface area contributed by atoms with Crippen molar-refractivity contribution in [3.63, 3.8) is 0 Å². The second-order valence-corrected chi connectivity index (χ2v) is 5.63. The van der Waals surface area contributed by atoms with Gasteiger partial charge in [-0.05, 0) is 43.3 Å². The molecule has 27 heavy (non-hydrogen) atoms. The van der Waals surface area contributed by atoms with Crippen LogP contribution in [0.2, 0.25) is 0 Å². The van der Waals surface area contributed by atoms with Crippen LogP contribution in [0.1, 0.15) is 32.4 Å². The minimum Gasteiger partial charge on any atom is -0.497 e. The van der Waals surface area contributed by atoms with E-state index in [1.54, 1.807) is 37.4 Å². The lowest BCUT2D eigenvalue weighted by Crippen LogP contribution is -2.26. The van der Waals surface area contributed by atoms with E-state index in [4.69, 9.17) is 9.15 Å². The van der Waals surface area contributed by atoms with Gasteiger partial charge in [0.1, 0.15) is 17.3 Å². The Labute approximate surface area is 155 Å². The quantitative estimate of drug-likeness (QED) is 0.694. The molecule has 2 N–H and O–H groups in total. The van der Waals surface area contributed by atoms with E-state index in [9.17, 15) is 9.59 Å². The molecule has 0 aliphatic carbocycles. The Bertz CT molecular complexity index is 950. The number of benzene rings is 1. The van der Waals surface area contributed by atoms with E-state index in [-0.39, 0.29) is 18.1 Å². The van der Waals surface area contributed by atoms with Crippen molar-refractivity contribution < 1.29 is 18.7 Å². The SMILES string of the molecule is COc1ccc(C(=O)Nc2nccnc2C(=O)NCc2ccc(C)o2)cc1. The third-order valence-corrected chi connectivity index (χ3v) is 3.72. The second kappa shape index (κ2) is 8.13. The summed E-state index contributed by atoms with van der Waals surface area (Å²) in [6.07, 6.45) is 2.78. The zero-order chi connectivity index (χ0) is 19.2. The summed E-state index contributed by atoms with van der Waals surface area (Å²) in [6.45, 7) is 2.02. The molecule has 0 saturated heterocycles. The molecule has 0 aliphatic heterocycles. The van der Waals surface area contributed by atoms with Crippen LogP contribution in [-0.4, -0.2) is 28.9 Å².